The predicted molar refractivity (Wildman–Crippen MR) is 107 cm³/mol. The Morgan fingerprint density at radius 2 is 2.13 bits per heavy atom. The van der Waals surface area contributed by atoms with Crippen LogP contribution in [-0.2, 0) is 24.5 Å². The minimum Gasteiger partial charge on any atom is -0.497 e. The van der Waals surface area contributed by atoms with Crippen LogP contribution in [0.15, 0.2) is 18.2 Å². The number of ether oxygens (including phenoxy) is 3. The van der Waals surface area contributed by atoms with E-state index in [4.69, 9.17) is 20.6 Å². The van der Waals surface area contributed by atoms with Gasteiger partial charge in [0.1, 0.15) is 5.75 Å². The van der Waals surface area contributed by atoms with Crippen LogP contribution in [0.1, 0.15) is 31.2 Å². The Kier molecular flexibility index (Phi) is 3.09. The van der Waals surface area contributed by atoms with Crippen molar-refractivity contribution in [3.8, 4) is 18.1 Å². The van der Waals surface area contributed by atoms with E-state index in [0.29, 0.717) is 32.2 Å². The molecule has 0 aliphatic carbocycles. The minimum absolute atomic E-state index is 0.0451. The van der Waals surface area contributed by atoms with Gasteiger partial charge >= 0.3 is 5.97 Å². The standard InChI is InChI=1S/C23H24N2O5/c1-5-20-9-8-17(26)25-11-10-21-15-7-6-14(28-3)12-16(15)24(2)18(21)22(13-20,19(27)29-4)30-23(20,21)25/h1,6-7,12,18H,8-11,13H2,2-4H3/t18-,20+,21+,22-,23+/m1/s1. The van der Waals surface area contributed by atoms with Crippen LogP contribution in [0, 0.1) is 17.8 Å². The Hall–Kier alpha value is -2.72. The first-order chi connectivity index (χ1) is 14.4. The van der Waals surface area contributed by atoms with Crippen LogP contribution in [0.3, 0.4) is 0 Å². The summed E-state index contributed by atoms with van der Waals surface area (Å²) in [6.45, 7) is 0.565. The van der Waals surface area contributed by atoms with Crippen molar-refractivity contribution in [2.75, 3.05) is 32.7 Å². The molecule has 5 heterocycles. The molecule has 0 radical (unpaired) electrons. The summed E-state index contributed by atoms with van der Waals surface area (Å²) < 4.78 is 17.6. The van der Waals surface area contributed by atoms with Crippen molar-refractivity contribution in [3.05, 3.63) is 23.8 Å². The van der Waals surface area contributed by atoms with Gasteiger partial charge in [-0.05, 0) is 24.5 Å². The fraction of sp³-hybridized carbons (Fsp3) is 0.565. The molecule has 5 aliphatic heterocycles. The molecule has 7 heteroatoms. The summed E-state index contributed by atoms with van der Waals surface area (Å²) in [4.78, 5) is 30.4. The summed E-state index contributed by atoms with van der Waals surface area (Å²) in [5.74, 6) is 3.40. The zero-order valence-corrected chi connectivity index (χ0v) is 17.4. The Morgan fingerprint density at radius 1 is 1.33 bits per heavy atom. The molecule has 0 saturated carbocycles. The first kappa shape index (κ1) is 18.1. The third kappa shape index (κ3) is 1.45. The number of esters is 1. The molecule has 30 heavy (non-hydrogen) atoms. The minimum atomic E-state index is -1.23. The number of terminal acetylenes is 1. The van der Waals surface area contributed by atoms with Gasteiger partial charge in [0.15, 0.2) is 11.3 Å². The largest absolute Gasteiger partial charge is 0.497 e. The normalized spacial score (nSPS) is 41.9. The number of hydrogen-bond acceptors (Lipinski definition) is 6. The lowest BCUT2D eigenvalue weighted by molar-refractivity contribution is -0.202. The van der Waals surface area contributed by atoms with Crippen LogP contribution in [0.25, 0.3) is 0 Å². The molecular formula is C23H24N2O5. The number of carbonyl (C=O) groups excluding carboxylic acids is 2. The maximum Gasteiger partial charge on any atom is 0.340 e. The molecule has 0 N–H and O–H groups in total. The summed E-state index contributed by atoms with van der Waals surface area (Å²) in [7, 11) is 5.00. The maximum absolute atomic E-state index is 13.3. The molecule has 0 unspecified atom stereocenters. The third-order valence-electron chi connectivity index (χ3n) is 8.49. The smallest absolute Gasteiger partial charge is 0.340 e. The van der Waals surface area contributed by atoms with Crippen molar-refractivity contribution in [2.24, 2.45) is 5.41 Å². The number of methoxy groups -OCH3 is 2. The van der Waals surface area contributed by atoms with Gasteiger partial charge in [-0.1, -0.05) is 12.0 Å². The molecule has 1 aromatic carbocycles. The van der Waals surface area contributed by atoms with Gasteiger partial charge in [-0.15, -0.1) is 6.42 Å². The maximum atomic E-state index is 13.3. The topological polar surface area (TPSA) is 68.3 Å². The Labute approximate surface area is 175 Å². The molecule has 6 rings (SSSR count). The van der Waals surface area contributed by atoms with Gasteiger partial charge in [-0.2, -0.15) is 0 Å². The third-order valence-corrected chi connectivity index (χ3v) is 8.49. The van der Waals surface area contributed by atoms with Gasteiger partial charge in [0.05, 0.1) is 31.1 Å². The van der Waals surface area contributed by atoms with Crippen LogP contribution < -0.4 is 9.64 Å². The van der Waals surface area contributed by atoms with Crippen molar-refractivity contribution >= 4 is 17.6 Å². The fourth-order valence-electron chi connectivity index (χ4n) is 7.71. The number of nitrogens with zero attached hydrogens (tertiary/aromatic N) is 2. The van der Waals surface area contributed by atoms with Gasteiger partial charge < -0.3 is 24.0 Å². The van der Waals surface area contributed by atoms with Crippen LogP contribution in [-0.4, -0.2) is 62.0 Å². The first-order valence-electron chi connectivity index (χ1n) is 10.4. The number of fused-ring (bicyclic) bond motifs is 3. The Morgan fingerprint density at radius 3 is 2.83 bits per heavy atom. The molecule has 2 spiro atoms. The second-order valence-electron chi connectivity index (χ2n) is 9.19. The van der Waals surface area contributed by atoms with Gasteiger partial charge in [-0.3, -0.25) is 4.79 Å². The highest BCUT2D eigenvalue weighted by atomic mass is 16.6. The van der Waals surface area contributed by atoms with E-state index in [2.05, 4.69) is 16.9 Å². The average molecular weight is 408 g/mol. The molecule has 5 atom stereocenters. The number of rotatable bonds is 2. The van der Waals surface area contributed by atoms with Crippen LogP contribution in [0.5, 0.6) is 5.75 Å². The number of amides is 1. The van der Waals surface area contributed by atoms with Crippen molar-refractivity contribution in [2.45, 2.75) is 48.5 Å². The van der Waals surface area contributed by atoms with Gasteiger partial charge in [0.25, 0.3) is 0 Å². The van der Waals surface area contributed by atoms with Crippen molar-refractivity contribution < 1.29 is 23.8 Å². The number of carbonyl (C=O) groups is 2. The summed E-state index contributed by atoms with van der Waals surface area (Å²) in [6, 6.07) is 5.67. The number of piperidine rings is 1. The van der Waals surface area contributed by atoms with E-state index in [9.17, 15) is 9.59 Å². The second kappa shape index (κ2) is 5.12. The van der Waals surface area contributed by atoms with E-state index in [1.165, 1.54) is 7.11 Å². The molecule has 2 bridgehead atoms. The van der Waals surface area contributed by atoms with E-state index in [0.717, 1.165) is 17.0 Å². The average Bonchev–Trinajstić information content (AvgIpc) is 3.42. The van der Waals surface area contributed by atoms with E-state index < -0.39 is 28.1 Å². The summed E-state index contributed by atoms with van der Waals surface area (Å²) >= 11 is 0. The number of hydrogen-bond donors (Lipinski definition) is 0. The van der Waals surface area contributed by atoms with Crippen molar-refractivity contribution in [1.29, 1.82) is 0 Å². The highest BCUT2D eigenvalue weighted by Gasteiger charge is 2.92. The van der Waals surface area contributed by atoms with Crippen molar-refractivity contribution in [3.63, 3.8) is 0 Å². The molecule has 1 aromatic rings. The molecule has 5 aliphatic rings. The lowest BCUT2D eigenvalue weighted by Gasteiger charge is -2.55. The fourth-order valence-corrected chi connectivity index (χ4v) is 7.71. The highest BCUT2D eigenvalue weighted by molar-refractivity contribution is 5.90. The lowest BCUT2D eigenvalue weighted by Crippen LogP contribution is -2.71. The van der Waals surface area contributed by atoms with E-state index in [1.807, 2.05) is 24.1 Å². The Bertz CT molecular complexity index is 1060. The van der Waals surface area contributed by atoms with E-state index in [1.54, 1.807) is 7.11 Å². The van der Waals surface area contributed by atoms with E-state index in [-0.39, 0.29) is 11.9 Å². The van der Waals surface area contributed by atoms with Crippen LogP contribution in [0.4, 0.5) is 5.69 Å². The van der Waals surface area contributed by atoms with Crippen molar-refractivity contribution in [1.82, 2.24) is 4.90 Å². The lowest BCUT2D eigenvalue weighted by atomic mass is 9.50. The monoisotopic (exact) mass is 408 g/mol. The number of anilines is 1. The van der Waals surface area contributed by atoms with Gasteiger partial charge in [0, 0.05) is 38.2 Å². The second-order valence-corrected chi connectivity index (χ2v) is 9.19. The van der Waals surface area contributed by atoms with Crippen LogP contribution >= 0.6 is 0 Å². The molecule has 0 aromatic heterocycles. The molecule has 4 saturated heterocycles. The molecule has 156 valence electrons. The van der Waals surface area contributed by atoms with E-state index >= 15 is 0 Å². The van der Waals surface area contributed by atoms with Gasteiger partial charge in [-0.25, -0.2) is 4.79 Å². The summed E-state index contributed by atoms with van der Waals surface area (Å²) in [5, 5.41) is 0. The van der Waals surface area contributed by atoms with Gasteiger partial charge in [0.2, 0.25) is 5.91 Å². The summed E-state index contributed by atoms with van der Waals surface area (Å²) in [6.07, 6.45) is 8.12. The Balaban J connectivity index is 1.71. The quantitative estimate of drug-likeness (QED) is 0.545. The molecule has 4 fully saturated rings. The van der Waals surface area contributed by atoms with Crippen LogP contribution in [0.2, 0.25) is 0 Å². The predicted octanol–water partition coefficient (Wildman–Crippen LogP) is 1.44. The first-order valence-corrected chi connectivity index (χ1v) is 10.4. The number of likely N-dealkylation sites (N-methyl/N-ethyl adjacent to an activating group) is 1. The molecule has 1 amide bonds. The highest BCUT2D eigenvalue weighted by Crippen LogP contribution is 2.78. The SMILES string of the molecule is C#C[C@]12CCC(=O)N3CC[C@]45c6ccc(OC)cc6N(C)[C@H]4[C@@](C(=O)OC)(C1)O[C@@]325. The molecule has 7 nitrogen and oxygen atoms in total. The number of benzene rings is 1. The summed E-state index contributed by atoms with van der Waals surface area (Å²) in [5.41, 5.74) is -1.55. The zero-order chi connectivity index (χ0) is 21.1. The molecular weight excluding hydrogens is 384 g/mol. The zero-order valence-electron chi connectivity index (χ0n) is 17.4.